The van der Waals surface area contributed by atoms with E-state index in [1.54, 1.807) is 0 Å². The van der Waals surface area contributed by atoms with Gasteiger partial charge in [-0.1, -0.05) is 30.3 Å². The zero-order valence-electron chi connectivity index (χ0n) is 14.4. The predicted molar refractivity (Wildman–Crippen MR) is 98.6 cm³/mol. The lowest BCUT2D eigenvalue weighted by atomic mass is 10.0. The first-order valence-corrected chi connectivity index (χ1v) is 8.77. The standard InChI is InChI=1S/C21H22N2O2/c1-15-12-18-13-17(8-9-19(18)25-15)21-20(16-6-3-2-4-7-16)22-14-23(21)10-5-11-24/h2-4,6-9,13-15,24H,5,10-12H2,1H3/t15-/m1/s1. The molecule has 0 saturated heterocycles. The Hall–Kier alpha value is -2.59. The van der Waals surface area contributed by atoms with Crippen molar-refractivity contribution in [3.63, 3.8) is 0 Å². The first kappa shape index (κ1) is 15.9. The third kappa shape index (κ3) is 3.05. The molecule has 0 spiro atoms. The van der Waals surface area contributed by atoms with Crippen LogP contribution in [-0.4, -0.2) is 27.4 Å². The van der Waals surface area contributed by atoms with Crippen LogP contribution in [0, 0.1) is 0 Å². The second kappa shape index (κ2) is 6.73. The number of hydrogen-bond donors (Lipinski definition) is 1. The molecule has 0 saturated carbocycles. The number of aliphatic hydroxyl groups excluding tert-OH is 1. The lowest BCUT2D eigenvalue weighted by molar-refractivity contribution is 0.254. The van der Waals surface area contributed by atoms with Gasteiger partial charge in [-0.3, -0.25) is 0 Å². The van der Waals surface area contributed by atoms with Crippen LogP contribution in [0.2, 0.25) is 0 Å². The van der Waals surface area contributed by atoms with Gasteiger partial charge in [0.15, 0.2) is 0 Å². The van der Waals surface area contributed by atoms with Crippen LogP contribution >= 0.6 is 0 Å². The maximum atomic E-state index is 9.22. The first-order valence-electron chi connectivity index (χ1n) is 8.77. The largest absolute Gasteiger partial charge is 0.490 e. The lowest BCUT2D eigenvalue weighted by Crippen LogP contribution is -2.05. The topological polar surface area (TPSA) is 47.3 Å². The minimum atomic E-state index is 0.174. The smallest absolute Gasteiger partial charge is 0.123 e. The van der Waals surface area contributed by atoms with E-state index in [-0.39, 0.29) is 12.7 Å². The van der Waals surface area contributed by atoms with Crippen LogP contribution in [0.15, 0.2) is 54.9 Å². The molecule has 0 fully saturated rings. The van der Waals surface area contributed by atoms with Gasteiger partial charge in [0.1, 0.15) is 11.9 Å². The van der Waals surface area contributed by atoms with Gasteiger partial charge in [-0.15, -0.1) is 0 Å². The van der Waals surface area contributed by atoms with Gasteiger partial charge in [-0.05, 0) is 37.1 Å². The van der Waals surface area contributed by atoms with Gasteiger partial charge in [-0.2, -0.15) is 0 Å². The van der Waals surface area contributed by atoms with E-state index in [1.807, 2.05) is 24.5 Å². The van der Waals surface area contributed by atoms with Gasteiger partial charge in [0, 0.05) is 30.7 Å². The molecule has 0 radical (unpaired) electrons. The van der Waals surface area contributed by atoms with E-state index in [9.17, 15) is 5.11 Å². The molecule has 0 unspecified atom stereocenters. The number of nitrogens with zero attached hydrogens (tertiary/aromatic N) is 2. The lowest BCUT2D eigenvalue weighted by Gasteiger charge is -2.11. The molecule has 4 heteroatoms. The Morgan fingerprint density at radius 2 is 2.00 bits per heavy atom. The van der Waals surface area contributed by atoms with Gasteiger partial charge in [0.05, 0.1) is 17.7 Å². The van der Waals surface area contributed by atoms with E-state index in [1.165, 1.54) is 5.56 Å². The van der Waals surface area contributed by atoms with Crippen molar-refractivity contribution >= 4 is 0 Å². The maximum absolute atomic E-state index is 9.22. The average molecular weight is 334 g/mol. The Morgan fingerprint density at radius 3 is 2.80 bits per heavy atom. The summed E-state index contributed by atoms with van der Waals surface area (Å²) in [4.78, 5) is 4.67. The number of hydrogen-bond acceptors (Lipinski definition) is 3. The normalized spacial score (nSPS) is 15.8. The number of imidazole rings is 1. The molecule has 1 N–H and O–H groups in total. The molecule has 4 rings (SSSR count). The van der Waals surface area contributed by atoms with Crippen molar-refractivity contribution in [1.82, 2.24) is 9.55 Å². The highest BCUT2D eigenvalue weighted by molar-refractivity contribution is 5.79. The Labute approximate surface area is 147 Å². The summed E-state index contributed by atoms with van der Waals surface area (Å²) in [5, 5.41) is 9.22. The van der Waals surface area contributed by atoms with Crippen molar-refractivity contribution in [2.24, 2.45) is 0 Å². The summed E-state index contributed by atoms with van der Waals surface area (Å²) in [7, 11) is 0. The highest BCUT2D eigenvalue weighted by Gasteiger charge is 2.21. The second-order valence-electron chi connectivity index (χ2n) is 6.53. The SMILES string of the molecule is C[C@@H]1Cc2cc(-c3c(-c4ccccc4)ncn3CCCO)ccc2O1. The summed E-state index contributed by atoms with van der Waals surface area (Å²) in [6.45, 7) is 3.02. The molecule has 2 aromatic carbocycles. The Bertz CT molecular complexity index is 871. The fourth-order valence-electron chi connectivity index (χ4n) is 3.47. The summed E-state index contributed by atoms with van der Waals surface area (Å²) in [6, 6.07) is 16.6. The number of benzene rings is 2. The number of aromatic nitrogens is 2. The number of aliphatic hydroxyl groups is 1. The van der Waals surface area contributed by atoms with Crippen molar-refractivity contribution in [2.45, 2.75) is 32.4 Å². The van der Waals surface area contributed by atoms with E-state index in [2.05, 4.69) is 46.8 Å². The first-order chi connectivity index (χ1) is 12.3. The molecule has 1 aromatic heterocycles. The van der Waals surface area contributed by atoms with Crippen molar-refractivity contribution in [3.8, 4) is 28.3 Å². The second-order valence-corrected chi connectivity index (χ2v) is 6.53. The van der Waals surface area contributed by atoms with Crippen molar-refractivity contribution < 1.29 is 9.84 Å². The Kier molecular flexibility index (Phi) is 4.28. The van der Waals surface area contributed by atoms with Crippen molar-refractivity contribution in [3.05, 3.63) is 60.4 Å². The van der Waals surface area contributed by atoms with E-state index in [0.29, 0.717) is 6.42 Å². The highest BCUT2D eigenvalue weighted by atomic mass is 16.5. The number of fused-ring (bicyclic) bond motifs is 1. The molecular formula is C21H22N2O2. The molecule has 128 valence electrons. The summed E-state index contributed by atoms with van der Waals surface area (Å²) >= 11 is 0. The van der Waals surface area contributed by atoms with Gasteiger partial charge >= 0.3 is 0 Å². The molecule has 1 atom stereocenters. The van der Waals surface area contributed by atoms with E-state index in [4.69, 9.17) is 4.74 Å². The van der Waals surface area contributed by atoms with Crippen LogP contribution in [0.3, 0.4) is 0 Å². The number of rotatable bonds is 5. The monoisotopic (exact) mass is 334 g/mol. The van der Waals surface area contributed by atoms with Gasteiger partial charge in [0.25, 0.3) is 0 Å². The molecule has 3 aromatic rings. The third-order valence-electron chi connectivity index (χ3n) is 4.61. The molecule has 25 heavy (non-hydrogen) atoms. The maximum Gasteiger partial charge on any atom is 0.123 e. The van der Waals surface area contributed by atoms with Crippen LogP contribution in [-0.2, 0) is 13.0 Å². The quantitative estimate of drug-likeness (QED) is 0.769. The fourth-order valence-corrected chi connectivity index (χ4v) is 3.47. The summed E-state index contributed by atoms with van der Waals surface area (Å²) < 4.78 is 7.97. The molecule has 1 aliphatic rings. The summed E-state index contributed by atoms with van der Waals surface area (Å²) in [6.07, 6.45) is 3.76. The molecule has 0 aliphatic carbocycles. The minimum Gasteiger partial charge on any atom is -0.490 e. The third-order valence-corrected chi connectivity index (χ3v) is 4.61. The molecule has 0 bridgehead atoms. The van der Waals surface area contributed by atoms with E-state index >= 15 is 0 Å². The average Bonchev–Trinajstić information content (AvgIpc) is 3.22. The minimum absolute atomic E-state index is 0.174. The van der Waals surface area contributed by atoms with E-state index in [0.717, 1.165) is 41.2 Å². The van der Waals surface area contributed by atoms with Crippen LogP contribution in [0.4, 0.5) is 0 Å². The van der Waals surface area contributed by atoms with Crippen LogP contribution in [0.1, 0.15) is 18.9 Å². The predicted octanol–water partition coefficient (Wildman–Crippen LogP) is 3.92. The Morgan fingerprint density at radius 1 is 1.16 bits per heavy atom. The van der Waals surface area contributed by atoms with E-state index < -0.39 is 0 Å². The Balaban J connectivity index is 1.82. The summed E-state index contributed by atoms with van der Waals surface area (Å²) in [5.74, 6) is 0.985. The molecule has 0 amide bonds. The summed E-state index contributed by atoms with van der Waals surface area (Å²) in [5.41, 5.74) is 5.57. The fraction of sp³-hybridized carbons (Fsp3) is 0.286. The molecule has 1 aliphatic heterocycles. The van der Waals surface area contributed by atoms with Crippen molar-refractivity contribution in [1.29, 1.82) is 0 Å². The highest BCUT2D eigenvalue weighted by Crippen LogP contribution is 2.36. The van der Waals surface area contributed by atoms with Gasteiger partial charge < -0.3 is 14.4 Å². The zero-order valence-corrected chi connectivity index (χ0v) is 14.4. The van der Waals surface area contributed by atoms with Gasteiger partial charge in [0.2, 0.25) is 0 Å². The molecule has 2 heterocycles. The molecular weight excluding hydrogens is 312 g/mol. The number of ether oxygens (including phenoxy) is 1. The van der Waals surface area contributed by atoms with Crippen molar-refractivity contribution in [2.75, 3.05) is 6.61 Å². The zero-order chi connectivity index (χ0) is 17.2. The van der Waals surface area contributed by atoms with Crippen LogP contribution < -0.4 is 4.74 Å². The van der Waals surface area contributed by atoms with Crippen LogP contribution in [0.5, 0.6) is 5.75 Å². The van der Waals surface area contributed by atoms with Crippen LogP contribution in [0.25, 0.3) is 22.5 Å². The number of aryl methyl sites for hydroxylation is 1. The molecule has 4 nitrogen and oxygen atoms in total. The van der Waals surface area contributed by atoms with Gasteiger partial charge in [-0.25, -0.2) is 4.98 Å².